The summed E-state index contributed by atoms with van der Waals surface area (Å²) in [6.45, 7) is 12.2. The molecule has 3 atom stereocenters. The second-order valence-corrected chi connectivity index (χ2v) is 14.6. The number of nitrogens with one attached hydrogen (secondary N) is 2. The monoisotopic (exact) mass is 655 g/mol. The third-order valence-corrected chi connectivity index (χ3v) is 7.82. The van der Waals surface area contributed by atoms with E-state index in [2.05, 4.69) is 10.6 Å². The molecule has 1 saturated carbocycles. The lowest BCUT2D eigenvalue weighted by Gasteiger charge is -2.36. The van der Waals surface area contributed by atoms with Crippen LogP contribution in [0.3, 0.4) is 0 Å². The summed E-state index contributed by atoms with van der Waals surface area (Å²) < 4.78 is 11.1. The van der Waals surface area contributed by atoms with Gasteiger partial charge in [-0.1, -0.05) is 48.5 Å². The molecule has 11 heteroatoms. The van der Waals surface area contributed by atoms with Gasteiger partial charge in [0.05, 0.1) is 0 Å². The third kappa shape index (κ3) is 11.0. The van der Waals surface area contributed by atoms with Crippen LogP contribution in [0, 0.1) is 6.92 Å². The van der Waals surface area contributed by atoms with E-state index < -0.39 is 53.2 Å². The topological polar surface area (TPSA) is 134 Å². The fraction of sp³-hybridized carbons (Fsp3) is 0.543. The maximum atomic E-state index is 14.5. The predicted octanol–water partition coefficient (Wildman–Crippen LogP) is 5.45. The van der Waals surface area contributed by atoms with Gasteiger partial charge in [-0.25, -0.2) is 9.59 Å². The first-order valence-electron chi connectivity index (χ1n) is 15.7. The van der Waals surface area contributed by atoms with Crippen LogP contribution >= 0.6 is 11.8 Å². The fourth-order valence-corrected chi connectivity index (χ4v) is 5.45. The number of carbonyl (C=O) groups excluding carboxylic acids is 4. The van der Waals surface area contributed by atoms with Gasteiger partial charge in [0.15, 0.2) is 0 Å². The molecule has 3 N–H and O–H groups in total. The van der Waals surface area contributed by atoms with E-state index in [0.717, 1.165) is 5.56 Å². The number of thioether (sulfide) groups is 1. The number of aryl methyl sites for hydroxylation is 1. The van der Waals surface area contributed by atoms with Crippen LogP contribution in [0.2, 0.25) is 0 Å². The molecule has 2 aromatic carbocycles. The summed E-state index contributed by atoms with van der Waals surface area (Å²) in [6, 6.07) is 10.6. The number of hydrogen-bond donors (Lipinski definition) is 3. The summed E-state index contributed by atoms with van der Waals surface area (Å²) in [7, 11) is 0. The normalized spacial score (nSPS) is 15.2. The number of phenols is 1. The van der Waals surface area contributed by atoms with Crippen LogP contribution in [-0.4, -0.2) is 75.2 Å². The van der Waals surface area contributed by atoms with Crippen molar-refractivity contribution in [3.8, 4) is 5.75 Å². The van der Waals surface area contributed by atoms with E-state index in [1.165, 1.54) is 16.7 Å². The van der Waals surface area contributed by atoms with Crippen molar-refractivity contribution in [1.82, 2.24) is 15.5 Å². The number of alkyl carbamates (subject to hydrolysis) is 1. The summed E-state index contributed by atoms with van der Waals surface area (Å²) in [5.41, 5.74) is -0.0294. The molecule has 0 aromatic heterocycles. The number of benzene rings is 2. The van der Waals surface area contributed by atoms with Gasteiger partial charge in [0.1, 0.15) is 35.1 Å². The Morgan fingerprint density at radius 1 is 0.913 bits per heavy atom. The Hall–Kier alpha value is -3.73. The Kier molecular flexibility index (Phi) is 12.5. The maximum Gasteiger partial charge on any atom is 0.408 e. The van der Waals surface area contributed by atoms with Crippen molar-refractivity contribution in [1.29, 1.82) is 0 Å². The standard InChI is InChI=1S/C35H49N3O7S/c1-22-13-12-16-25(29(22)39)28(30(40)36-27(32(42)44-34(2,3)4)21-23-14-10-9-11-15-23)38(24-17-18-24)31(41)26(19-20-46-8)37-33(43)45-35(5,6)7/h9-16,24,26-28,39H,17-21H2,1-8H3,(H,36,40)(H,37,43). The smallest absolute Gasteiger partial charge is 0.408 e. The summed E-state index contributed by atoms with van der Waals surface area (Å²) >= 11 is 1.52. The fourth-order valence-electron chi connectivity index (χ4n) is 4.98. The number of carbonyl (C=O) groups is 4. The quantitative estimate of drug-likeness (QED) is 0.243. The molecule has 0 heterocycles. The lowest BCUT2D eigenvalue weighted by atomic mass is 9.97. The number of hydrogen-bond acceptors (Lipinski definition) is 8. The van der Waals surface area contributed by atoms with Crippen LogP contribution in [0.5, 0.6) is 5.75 Å². The highest BCUT2D eigenvalue weighted by Crippen LogP contribution is 2.39. The molecular formula is C35H49N3O7S. The highest BCUT2D eigenvalue weighted by atomic mass is 32.2. The number of amides is 3. The van der Waals surface area contributed by atoms with Gasteiger partial charge in [0.25, 0.3) is 0 Å². The molecule has 0 bridgehead atoms. The zero-order chi connectivity index (χ0) is 34.2. The molecule has 3 unspecified atom stereocenters. The van der Waals surface area contributed by atoms with Crippen molar-refractivity contribution < 1.29 is 33.8 Å². The van der Waals surface area contributed by atoms with Gasteiger partial charge in [-0.15, -0.1) is 0 Å². The van der Waals surface area contributed by atoms with Crippen LogP contribution in [0.15, 0.2) is 48.5 Å². The van der Waals surface area contributed by atoms with Crippen molar-refractivity contribution in [2.24, 2.45) is 0 Å². The SMILES string of the molecule is CSCCC(NC(=O)OC(C)(C)C)C(=O)N(C1CC1)C(C(=O)NC(Cc1ccccc1)C(=O)OC(C)(C)C)c1cccc(C)c1O. The Morgan fingerprint density at radius 2 is 1.54 bits per heavy atom. The first kappa shape index (κ1) is 36.7. The zero-order valence-corrected chi connectivity index (χ0v) is 29.0. The molecule has 0 spiro atoms. The van der Waals surface area contributed by atoms with Crippen molar-refractivity contribution in [2.75, 3.05) is 12.0 Å². The van der Waals surface area contributed by atoms with E-state index in [4.69, 9.17) is 9.47 Å². The van der Waals surface area contributed by atoms with Crippen LogP contribution < -0.4 is 10.6 Å². The minimum Gasteiger partial charge on any atom is -0.507 e. The van der Waals surface area contributed by atoms with Crippen LogP contribution in [0.4, 0.5) is 4.79 Å². The highest BCUT2D eigenvalue weighted by Gasteiger charge is 2.45. The van der Waals surface area contributed by atoms with Crippen molar-refractivity contribution >= 4 is 35.6 Å². The molecule has 0 aliphatic heterocycles. The molecule has 3 rings (SSSR count). The lowest BCUT2D eigenvalue weighted by molar-refractivity contribution is -0.159. The van der Waals surface area contributed by atoms with E-state index in [0.29, 0.717) is 30.6 Å². The first-order chi connectivity index (χ1) is 21.5. The average molecular weight is 656 g/mol. The summed E-state index contributed by atoms with van der Waals surface area (Å²) in [5, 5.41) is 16.8. The first-order valence-corrected chi connectivity index (χ1v) is 17.1. The highest BCUT2D eigenvalue weighted by molar-refractivity contribution is 7.98. The number of para-hydroxylation sites is 1. The van der Waals surface area contributed by atoms with Gasteiger partial charge in [-0.05, 0) is 90.9 Å². The van der Waals surface area contributed by atoms with E-state index in [1.54, 1.807) is 66.7 Å². The van der Waals surface area contributed by atoms with Crippen LogP contribution in [0.25, 0.3) is 0 Å². The Balaban J connectivity index is 2.06. The number of ether oxygens (including phenoxy) is 2. The van der Waals surface area contributed by atoms with E-state index >= 15 is 0 Å². The molecule has 1 aliphatic carbocycles. The van der Waals surface area contributed by atoms with Gasteiger partial charge in [-0.2, -0.15) is 11.8 Å². The summed E-state index contributed by atoms with van der Waals surface area (Å²) in [4.78, 5) is 56.7. The van der Waals surface area contributed by atoms with E-state index in [-0.39, 0.29) is 23.8 Å². The molecule has 2 aromatic rings. The van der Waals surface area contributed by atoms with E-state index in [9.17, 15) is 24.3 Å². The zero-order valence-electron chi connectivity index (χ0n) is 28.2. The Bertz CT molecular complexity index is 1370. The molecule has 0 saturated heterocycles. The minimum absolute atomic E-state index is 0.126. The number of nitrogens with zero attached hydrogens (tertiary/aromatic N) is 1. The lowest BCUT2D eigenvalue weighted by Crippen LogP contribution is -2.55. The molecule has 252 valence electrons. The number of aromatic hydroxyl groups is 1. The minimum atomic E-state index is -1.29. The van der Waals surface area contributed by atoms with Gasteiger partial charge >= 0.3 is 12.1 Å². The molecule has 1 aliphatic rings. The van der Waals surface area contributed by atoms with Crippen LogP contribution in [-0.2, 0) is 30.3 Å². The van der Waals surface area contributed by atoms with Crippen molar-refractivity contribution in [3.63, 3.8) is 0 Å². The molecule has 1 fully saturated rings. The molecule has 46 heavy (non-hydrogen) atoms. The molecular weight excluding hydrogens is 606 g/mol. The Labute approximate surface area is 277 Å². The second kappa shape index (κ2) is 15.7. The number of rotatable bonds is 13. The predicted molar refractivity (Wildman–Crippen MR) is 180 cm³/mol. The maximum absolute atomic E-state index is 14.5. The summed E-state index contributed by atoms with van der Waals surface area (Å²) in [5.74, 6) is -1.30. The van der Waals surface area contributed by atoms with Gasteiger partial charge in [0.2, 0.25) is 11.8 Å². The van der Waals surface area contributed by atoms with Gasteiger partial charge in [-0.3, -0.25) is 9.59 Å². The average Bonchev–Trinajstić information content (AvgIpc) is 3.79. The Morgan fingerprint density at radius 3 is 2.11 bits per heavy atom. The van der Waals surface area contributed by atoms with Crippen molar-refractivity contribution in [3.05, 3.63) is 65.2 Å². The third-order valence-electron chi connectivity index (χ3n) is 7.17. The molecule has 3 amide bonds. The van der Waals surface area contributed by atoms with Gasteiger partial charge in [0, 0.05) is 18.0 Å². The van der Waals surface area contributed by atoms with Gasteiger partial charge < -0.3 is 30.1 Å². The van der Waals surface area contributed by atoms with E-state index in [1.807, 2.05) is 36.6 Å². The summed E-state index contributed by atoms with van der Waals surface area (Å²) in [6.07, 6.45) is 2.90. The largest absolute Gasteiger partial charge is 0.507 e. The second-order valence-electron chi connectivity index (χ2n) is 13.7. The number of esters is 1. The molecule has 0 radical (unpaired) electrons. The van der Waals surface area contributed by atoms with Crippen LogP contribution in [0.1, 0.15) is 83.5 Å². The number of phenolic OH excluding ortho intramolecular Hbond substituents is 1. The van der Waals surface area contributed by atoms with Crippen molar-refractivity contribution in [2.45, 2.75) is 110 Å². The molecule has 10 nitrogen and oxygen atoms in total.